The largest absolute Gasteiger partial charge is 0.496 e. The highest BCUT2D eigenvalue weighted by atomic mass is 79.9. The van der Waals surface area contributed by atoms with E-state index in [-0.39, 0.29) is 11.5 Å². The summed E-state index contributed by atoms with van der Waals surface area (Å²) in [4.78, 5) is 23.4. The Bertz CT molecular complexity index is 899. The third-order valence-electron chi connectivity index (χ3n) is 3.32. The molecule has 2 N–H and O–H groups in total. The molecule has 0 unspecified atom stereocenters. The van der Waals surface area contributed by atoms with Crippen molar-refractivity contribution in [1.82, 2.24) is 0 Å². The molecule has 0 bridgehead atoms. The number of nitrogens with zero attached hydrogens (tertiary/aromatic N) is 1. The van der Waals surface area contributed by atoms with Gasteiger partial charge >= 0.3 is 0 Å². The van der Waals surface area contributed by atoms with E-state index in [1.165, 1.54) is 20.1 Å². The van der Waals surface area contributed by atoms with Gasteiger partial charge in [0.15, 0.2) is 0 Å². The minimum atomic E-state index is -0.540. The van der Waals surface area contributed by atoms with Crippen molar-refractivity contribution in [3.8, 4) is 11.8 Å². The summed E-state index contributed by atoms with van der Waals surface area (Å²) in [5.41, 5.74) is 1.67. The van der Waals surface area contributed by atoms with Crippen molar-refractivity contribution in [2.45, 2.75) is 6.92 Å². The van der Waals surface area contributed by atoms with Gasteiger partial charge in [0, 0.05) is 28.3 Å². The molecule has 0 saturated carbocycles. The van der Waals surface area contributed by atoms with Gasteiger partial charge < -0.3 is 15.4 Å². The zero-order chi connectivity index (χ0) is 19.1. The van der Waals surface area contributed by atoms with Gasteiger partial charge in [-0.3, -0.25) is 9.59 Å². The van der Waals surface area contributed by atoms with Crippen LogP contribution in [0.25, 0.3) is 6.08 Å². The van der Waals surface area contributed by atoms with Crippen LogP contribution >= 0.6 is 15.9 Å². The van der Waals surface area contributed by atoms with Crippen LogP contribution < -0.4 is 15.4 Å². The number of carbonyl (C=O) groups excluding carboxylic acids is 2. The second-order valence-corrected chi connectivity index (χ2v) is 6.18. The lowest BCUT2D eigenvalue weighted by atomic mass is 10.1. The van der Waals surface area contributed by atoms with Crippen LogP contribution in [0.4, 0.5) is 11.4 Å². The molecule has 0 radical (unpaired) electrons. The summed E-state index contributed by atoms with van der Waals surface area (Å²) in [6.07, 6.45) is 1.46. The molecule has 0 fully saturated rings. The molecule has 0 aliphatic heterocycles. The van der Waals surface area contributed by atoms with Crippen molar-refractivity contribution in [1.29, 1.82) is 5.26 Å². The van der Waals surface area contributed by atoms with Gasteiger partial charge in [0.1, 0.15) is 17.4 Å². The van der Waals surface area contributed by atoms with Gasteiger partial charge in [-0.15, -0.1) is 0 Å². The van der Waals surface area contributed by atoms with Crippen molar-refractivity contribution in [2.75, 3.05) is 17.7 Å². The van der Waals surface area contributed by atoms with Gasteiger partial charge in [0.2, 0.25) is 5.91 Å². The summed E-state index contributed by atoms with van der Waals surface area (Å²) in [5, 5.41) is 14.6. The number of nitrogens with one attached hydrogen (secondary N) is 2. The quantitative estimate of drug-likeness (QED) is 0.572. The van der Waals surface area contributed by atoms with Crippen LogP contribution in [0.1, 0.15) is 12.5 Å². The summed E-state index contributed by atoms with van der Waals surface area (Å²) in [7, 11) is 1.52. The number of hydrogen-bond donors (Lipinski definition) is 2. The molecule has 0 aliphatic rings. The van der Waals surface area contributed by atoms with Crippen molar-refractivity contribution < 1.29 is 14.3 Å². The molecule has 2 aromatic rings. The average molecular weight is 414 g/mol. The Morgan fingerprint density at radius 1 is 1.12 bits per heavy atom. The van der Waals surface area contributed by atoms with Crippen molar-refractivity contribution in [3.05, 3.63) is 58.1 Å². The maximum atomic E-state index is 12.4. The maximum Gasteiger partial charge on any atom is 0.266 e. The summed E-state index contributed by atoms with van der Waals surface area (Å²) in [5.74, 6) is -0.172. The number of carbonyl (C=O) groups is 2. The van der Waals surface area contributed by atoms with Crippen LogP contribution in [0.5, 0.6) is 5.75 Å². The predicted octanol–water partition coefficient (Wildman–Crippen LogP) is 3.96. The molecule has 2 amide bonds. The van der Waals surface area contributed by atoms with Gasteiger partial charge in [-0.2, -0.15) is 5.26 Å². The van der Waals surface area contributed by atoms with Gasteiger partial charge in [-0.05, 0) is 48.5 Å². The van der Waals surface area contributed by atoms with Crippen LogP contribution in [0, 0.1) is 11.3 Å². The molecule has 0 aliphatic carbocycles. The minimum absolute atomic E-state index is 0.0627. The van der Waals surface area contributed by atoms with E-state index in [1.54, 1.807) is 42.5 Å². The number of ether oxygens (including phenoxy) is 1. The summed E-state index contributed by atoms with van der Waals surface area (Å²) >= 11 is 3.35. The molecule has 7 heteroatoms. The first kappa shape index (κ1) is 19.2. The van der Waals surface area contributed by atoms with E-state index in [4.69, 9.17) is 4.74 Å². The maximum absolute atomic E-state index is 12.4. The van der Waals surface area contributed by atoms with Crippen LogP contribution in [0.2, 0.25) is 0 Å². The molecule has 2 rings (SSSR count). The van der Waals surface area contributed by atoms with E-state index in [9.17, 15) is 14.9 Å². The van der Waals surface area contributed by atoms with E-state index < -0.39 is 5.91 Å². The van der Waals surface area contributed by atoms with E-state index in [0.717, 1.165) is 4.47 Å². The Balaban J connectivity index is 2.20. The van der Waals surface area contributed by atoms with E-state index in [2.05, 4.69) is 26.6 Å². The summed E-state index contributed by atoms with van der Waals surface area (Å²) in [6, 6.07) is 13.8. The topological polar surface area (TPSA) is 91.2 Å². The number of rotatable bonds is 5. The van der Waals surface area contributed by atoms with Crippen LogP contribution in [-0.4, -0.2) is 18.9 Å². The normalized spacial score (nSPS) is 10.6. The lowest BCUT2D eigenvalue weighted by Crippen LogP contribution is -2.13. The van der Waals surface area contributed by atoms with Gasteiger partial charge in [-0.1, -0.05) is 15.9 Å². The van der Waals surface area contributed by atoms with Crippen molar-refractivity contribution >= 4 is 45.2 Å². The highest BCUT2D eigenvalue weighted by Gasteiger charge is 2.12. The molecule has 0 aromatic heterocycles. The lowest BCUT2D eigenvalue weighted by Gasteiger charge is -2.08. The minimum Gasteiger partial charge on any atom is -0.496 e. The summed E-state index contributed by atoms with van der Waals surface area (Å²) in [6.45, 7) is 1.41. The van der Waals surface area contributed by atoms with Gasteiger partial charge in [-0.25, -0.2) is 0 Å². The van der Waals surface area contributed by atoms with Gasteiger partial charge in [0.05, 0.1) is 7.11 Å². The standard InChI is InChI=1S/C19H16BrN3O3/c1-12(24)22-16-4-6-17(7-5-16)23-19(25)14(11-21)9-13-10-15(20)3-8-18(13)26-2/h3-10H,1-2H3,(H,22,24)(H,23,25). The zero-order valence-corrected chi connectivity index (χ0v) is 15.8. The Kier molecular flexibility index (Phi) is 6.53. The highest BCUT2D eigenvalue weighted by Crippen LogP contribution is 2.25. The third kappa shape index (κ3) is 5.19. The third-order valence-corrected chi connectivity index (χ3v) is 3.81. The molecule has 0 heterocycles. The zero-order valence-electron chi connectivity index (χ0n) is 14.2. The molecule has 0 saturated heterocycles. The monoisotopic (exact) mass is 413 g/mol. The number of benzene rings is 2. The average Bonchev–Trinajstić information content (AvgIpc) is 2.61. The predicted molar refractivity (Wildman–Crippen MR) is 104 cm³/mol. The number of anilines is 2. The first-order valence-electron chi connectivity index (χ1n) is 7.57. The number of hydrogen-bond acceptors (Lipinski definition) is 4. The van der Waals surface area contributed by atoms with Crippen LogP contribution in [-0.2, 0) is 9.59 Å². The van der Waals surface area contributed by atoms with Crippen LogP contribution in [0.3, 0.4) is 0 Å². The molecule has 26 heavy (non-hydrogen) atoms. The Labute approximate surface area is 159 Å². The molecule has 0 atom stereocenters. The fraction of sp³-hybridized carbons (Fsp3) is 0.105. The second kappa shape index (κ2) is 8.83. The first-order valence-corrected chi connectivity index (χ1v) is 8.36. The van der Waals surface area contributed by atoms with Crippen molar-refractivity contribution in [3.63, 3.8) is 0 Å². The SMILES string of the molecule is COc1ccc(Br)cc1C=C(C#N)C(=O)Nc1ccc(NC(C)=O)cc1. The van der Waals surface area contributed by atoms with E-state index >= 15 is 0 Å². The Morgan fingerprint density at radius 3 is 2.27 bits per heavy atom. The number of nitriles is 1. The molecule has 6 nitrogen and oxygen atoms in total. The fourth-order valence-electron chi connectivity index (χ4n) is 2.16. The van der Waals surface area contributed by atoms with Crippen LogP contribution in [0.15, 0.2) is 52.5 Å². The fourth-order valence-corrected chi connectivity index (χ4v) is 2.54. The highest BCUT2D eigenvalue weighted by molar-refractivity contribution is 9.10. The Morgan fingerprint density at radius 2 is 1.73 bits per heavy atom. The number of amides is 2. The first-order chi connectivity index (χ1) is 12.4. The Hall–Kier alpha value is -3.11. The molecule has 132 valence electrons. The number of methoxy groups -OCH3 is 1. The second-order valence-electron chi connectivity index (χ2n) is 5.27. The van der Waals surface area contributed by atoms with E-state index in [0.29, 0.717) is 22.7 Å². The molecule has 2 aromatic carbocycles. The smallest absolute Gasteiger partial charge is 0.266 e. The lowest BCUT2D eigenvalue weighted by molar-refractivity contribution is -0.114. The number of halogens is 1. The van der Waals surface area contributed by atoms with E-state index in [1.807, 2.05) is 6.07 Å². The van der Waals surface area contributed by atoms with Gasteiger partial charge in [0.25, 0.3) is 5.91 Å². The van der Waals surface area contributed by atoms with Crippen molar-refractivity contribution in [2.24, 2.45) is 0 Å². The molecular formula is C19H16BrN3O3. The molecular weight excluding hydrogens is 398 g/mol. The summed E-state index contributed by atoms with van der Waals surface area (Å²) < 4.78 is 6.05. The molecule has 0 spiro atoms.